The van der Waals surface area contributed by atoms with Crippen molar-refractivity contribution in [2.45, 2.75) is 20.4 Å². The Morgan fingerprint density at radius 2 is 1.94 bits per heavy atom. The number of aromatic hydroxyl groups is 1. The molecule has 0 saturated heterocycles. The van der Waals surface area contributed by atoms with E-state index in [0.717, 1.165) is 30.4 Å². The standard InChI is InChI=1S/C13H16N4O/c1-13(2)7-14-12-16-15-11(17(12)8-13)9-3-5-10(18)6-4-9/h3-6,18H,7-8H2,1-2H3,(H,14,16). The normalized spacial score (nSPS) is 17.0. The molecule has 18 heavy (non-hydrogen) atoms. The molecule has 94 valence electrons. The average Bonchev–Trinajstić information content (AvgIpc) is 2.71. The second-order valence-corrected chi connectivity index (χ2v) is 5.50. The van der Waals surface area contributed by atoms with Crippen LogP contribution in [0.3, 0.4) is 0 Å². The van der Waals surface area contributed by atoms with E-state index < -0.39 is 0 Å². The van der Waals surface area contributed by atoms with Gasteiger partial charge in [-0.1, -0.05) is 13.8 Å². The molecule has 0 aliphatic carbocycles. The highest BCUT2D eigenvalue weighted by atomic mass is 16.3. The molecule has 1 aromatic carbocycles. The van der Waals surface area contributed by atoms with Crippen LogP contribution in [-0.2, 0) is 6.54 Å². The molecule has 5 nitrogen and oxygen atoms in total. The predicted molar refractivity (Wildman–Crippen MR) is 69.4 cm³/mol. The first-order valence-corrected chi connectivity index (χ1v) is 6.02. The minimum Gasteiger partial charge on any atom is -0.508 e. The fourth-order valence-electron chi connectivity index (χ4n) is 2.21. The lowest BCUT2D eigenvalue weighted by Crippen LogP contribution is -2.34. The van der Waals surface area contributed by atoms with Gasteiger partial charge in [-0.05, 0) is 24.3 Å². The van der Waals surface area contributed by atoms with Crippen LogP contribution in [-0.4, -0.2) is 26.4 Å². The fourth-order valence-corrected chi connectivity index (χ4v) is 2.21. The van der Waals surface area contributed by atoms with Crippen LogP contribution in [0.2, 0.25) is 0 Å². The van der Waals surface area contributed by atoms with Crippen molar-refractivity contribution in [1.29, 1.82) is 0 Å². The first-order valence-electron chi connectivity index (χ1n) is 6.02. The van der Waals surface area contributed by atoms with Gasteiger partial charge in [0.15, 0.2) is 5.82 Å². The third-order valence-electron chi connectivity index (χ3n) is 3.19. The Labute approximate surface area is 105 Å². The van der Waals surface area contributed by atoms with E-state index in [-0.39, 0.29) is 11.2 Å². The van der Waals surface area contributed by atoms with Crippen LogP contribution in [0.4, 0.5) is 5.95 Å². The number of phenolic OH excluding ortho intramolecular Hbond substituents is 1. The van der Waals surface area contributed by atoms with E-state index in [0.29, 0.717) is 0 Å². The van der Waals surface area contributed by atoms with E-state index in [1.165, 1.54) is 0 Å². The number of nitrogens with zero attached hydrogens (tertiary/aromatic N) is 3. The van der Waals surface area contributed by atoms with Gasteiger partial charge in [-0.3, -0.25) is 4.57 Å². The van der Waals surface area contributed by atoms with Crippen LogP contribution in [0.1, 0.15) is 13.8 Å². The Kier molecular flexibility index (Phi) is 2.29. The van der Waals surface area contributed by atoms with Crippen LogP contribution < -0.4 is 5.32 Å². The number of aromatic nitrogens is 3. The van der Waals surface area contributed by atoms with Gasteiger partial charge in [-0.2, -0.15) is 0 Å². The molecule has 0 radical (unpaired) electrons. The van der Waals surface area contributed by atoms with E-state index in [2.05, 4.69) is 33.9 Å². The topological polar surface area (TPSA) is 63.0 Å². The van der Waals surface area contributed by atoms with Gasteiger partial charge in [0.05, 0.1) is 0 Å². The second-order valence-electron chi connectivity index (χ2n) is 5.50. The van der Waals surface area contributed by atoms with E-state index in [9.17, 15) is 5.11 Å². The smallest absolute Gasteiger partial charge is 0.224 e. The predicted octanol–water partition coefficient (Wildman–Crippen LogP) is 2.10. The molecule has 1 aliphatic rings. The molecule has 2 heterocycles. The molecular weight excluding hydrogens is 228 g/mol. The summed E-state index contributed by atoms with van der Waals surface area (Å²) >= 11 is 0. The third kappa shape index (κ3) is 1.81. The lowest BCUT2D eigenvalue weighted by molar-refractivity contribution is 0.311. The maximum atomic E-state index is 9.32. The third-order valence-corrected chi connectivity index (χ3v) is 3.19. The number of hydrogen-bond donors (Lipinski definition) is 2. The van der Waals surface area contributed by atoms with E-state index in [1.54, 1.807) is 12.1 Å². The van der Waals surface area contributed by atoms with E-state index >= 15 is 0 Å². The summed E-state index contributed by atoms with van der Waals surface area (Å²) in [6.07, 6.45) is 0. The Morgan fingerprint density at radius 1 is 1.22 bits per heavy atom. The summed E-state index contributed by atoms with van der Waals surface area (Å²) < 4.78 is 2.09. The summed E-state index contributed by atoms with van der Waals surface area (Å²) in [7, 11) is 0. The van der Waals surface area contributed by atoms with Crippen LogP contribution in [0.15, 0.2) is 24.3 Å². The van der Waals surface area contributed by atoms with Crippen molar-refractivity contribution in [3.05, 3.63) is 24.3 Å². The number of phenols is 1. The molecule has 1 aromatic heterocycles. The summed E-state index contributed by atoms with van der Waals surface area (Å²) in [4.78, 5) is 0. The maximum Gasteiger partial charge on any atom is 0.224 e. The van der Waals surface area contributed by atoms with Crippen molar-refractivity contribution in [2.24, 2.45) is 5.41 Å². The molecule has 0 bridgehead atoms. The van der Waals surface area contributed by atoms with Crippen LogP contribution in [0, 0.1) is 5.41 Å². The molecular formula is C13H16N4O. The minimum absolute atomic E-state index is 0.182. The Bertz CT molecular complexity index is 571. The molecule has 2 N–H and O–H groups in total. The highest BCUT2D eigenvalue weighted by molar-refractivity contribution is 5.58. The van der Waals surface area contributed by atoms with Crippen molar-refractivity contribution >= 4 is 5.95 Å². The summed E-state index contributed by atoms with van der Waals surface area (Å²) in [6.45, 7) is 6.21. The summed E-state index contributed by atoms with van der Waals surface area (Å²) in [6, 6.07) is 7.04. The number of benzene rings is 1. The van der Waals surface area contributed by atoms with Gasteiger partial charge in [0.2, 0.25) is 5.95 Å². The Morgan fingerprint density at radius 3 is 2.67 bits per heavy atom. The second kappa shape index (κ2) is 3.73. The van der Waals surface area contributed by atoms with E-state index in [4.69, 9.17) is 0 Å². The van der Waals surface area contributed by atoms with Gasteiger partial charge in [-0.15, -0.1) is 10.2 Å². The first-order chi connectivity index (χ1) is 8.55. The summed E-state index contributed by atoms with van der Waals surface area (Å²) in [5.41, 5.74) is 1.15. The monoisotopic (exact) mass is 244 g/mol. The number of anilines is 1. The zero-order valence-electron chi connectivity index (χ0n) is 10.5. The van der Waals surface area contributed by atoms with Crippen LogP contribution >= 0.6 is 0 Å². The lowest BCUT2D eigenvalue weighted by atomic mass is 9.92. The molecule has 0 amide bonds. The summed E-state index contributed by atoms with van der Waals surface area (Å²) in [5.74, 6) is 1.92. The number of nitrogens with one attached hydrogen (secondary N) is 1. The van der Waals surface area contributed by atoms with Crippen molar-refractivity contribution in [3.63, 3.8) is 0 Å². The van der Waals surface area contributed by atoms with Crippen LogP contribution in [0.5, 0.6) is 5.75 Å². The molecule has 0 saturated carbocycles. The minimum atomic E-state index is 0.182. The molecule has 0 fully saturated rings. The highest BCUT2D eigenvalue weighted by Gasteiger charge is 2.28. The fraction of sp³-hybridized carbons (Fsp3) is 0.385. The van der Waals surface area contributed by atoms with Crippen molar-refractivity contribution in [3.8, 4) is 17.1 Å². The van der Waals surface area contributed by atoms with Gasteiger partial charge in [0.25, 0.3) is 0 Å². The molecule has 2 aromatic rings. The van der Waals surface area contributed by atoms with Gasteiger partial charge in [0, 0.05) is 24.1 Å². The van der Waals surface area contributed by atoms with Crippen molar-refractivity contribution in [2.75, 3.05) is 11.9 Å². The zero-order chi connectivity index (χ0) is 12.8. The Balaban J connectivity index is 2.04. The average molecular weight is 244 g/mol. The number of hydrogen-bond acceptors (Lipinski definition) is 4. The molecule has 3 rings (SSSR count). The van der Waals surface area contributed by atoms with Gasteiger partial charge >= 0.3 is 0 Å². The lowest BCUT2D eigenvalue weighted by Gasteiger charge is -2.31. The zero-order valence-corrected chi connectivity index (χ0v) is 10.5. The van der Waals surface area contributed by atoms with E-state index in [1.807, 2.05) is 12.1 Å². The van der Waals surface area contributed by atoms with Crippen molar-refractivity contribution < 1.29 is 5.11 Å². The largest absolute Gasteiger partial charge is 0.508 e. The molecule has 5 heteroatoms. The maximum absolute atomic E-state index is 9.32. The summed E-state index contributed by atoms with van der Waals surface area (Å²) in [5, 5.41) is 21.0. The molecule has 0 atom stereocenters. The molecule has 1 aliphatic heterocycles. The van der Waals surface area contributed by atoms with Gasteiger partial charge < -0.3 is 10.4 Å². The number of rotatable bonds is 1. The first kappa shape index (κ1) is 11.1. The van der Waals surface area contributed by atoms with Crippen LogP contribution in [0.25, 0.3) is 11.4 Å². The SMILES string of the molecule is CC1(C)CNc2nnc(-c3ccc(O)cc3)n2C1. The van der Waals surface area contributed by atoms with Gasteiger partial charge in [-0.25, -0.2) is 0 Å². The Hall–Kier alpha value is -2.04. The molecule has 0 unspecified atom stereocenters. The highest BCUT2D eigenvalue weighted by Crippen LogP contribution is 2.30. The quantitative estimate of drug-likeness (QED) is 0.806. The van der Waals surface area contributed by atoms with Crippen molar-refractivity contribution in [1.82, 2.24) is 14.8 Å². The van der Waals surface area contributed by atoms with Gasteiger partial charge in [0.1, 0.15) is 5.75 Å². The number of fused-ring (bicyclic) bond motifs is 1. The molecule has 0 spiro atoms.